The third kappa shape index (κ3) is 0.835. The van der Waals surface area contributed by atoms with Gasteiger partial charge in [0, 0.05) is 18.7 Å². The Morgan fingerprint density at radius 1 is 1.40 bits per heavy atom. The highest BCUT2D eigenvalue weighted by Gasteiger charge is 2.05. The van der Waals surface area contributed by atoms with Gasteiger partial charge in [0.25, 0.3) is 0 Å². The molecule has 0 aromatic carbocycles. The third-order valence-corrected chi connectivity index (χ3v) is 1.45. The van der Waals surface area contributed by atoms with Crippen molar-refractivity contribution in [1.82, 2.24) is 4.73 Å². The van der Waals surface area contributed by atoms with Crippen molar-refractivity contribution in [1.29, 1.82) is 0 Å². The Bertz CT molecular complexity index is 199. The third-order valence-electron chi connectivity index (χ3n) is 1.45. The highest BCUT2D eigenvalue weighted by Crippen LogP contribution is 2.12. The van der Waals surface area contributed by atoms with Gasteiger partial charge in [0.2, 0.25) is 5.88 Å². The van der Waals surface area contributed by atoms with Gasteiger partial charge in [-0.1, -0.05) is 0 Å². The van der Waals surface area contributed by atoms with Crippen molar-refractivity contribution in [2.45, 2.75) is 6.42 Å². The fourth-order valence-electron chi connectivity index (χ4n) is 0.967. The lowest BCUT2D eigenvalue weighted by atomic mass is 10.5. The molecule has 10 heavy (non-hydrogen) atoms. The summed E-state index contributed by atoms with van der Waals surface area (Å²) in [5.41, 5.74) is 0. The second kappa shape index (κ2) is 2.25. The smallest absolute Gasteiger partial charge is 0.227 e. The average Bonchev–Trinajstić information content (AvgIpc) is 2.28. The quantitative estimate of drug-likeness (QED) is 0.528. The zero-order valence-electron chi connectivity index (χ0n) is 5.62. The standard InChI is InChI=1S/C7H9NO2/c1-3-7-8(4-1)10-6-2-5-9-7/h1,3-4H,2,5-6H2. The minimum Gasteiger partial charge on any atom is -0.477 e. The first-order valence-electron chi connectivity index (χ1n) is 3.40. The van der Waals surface area contributed by atoms with Crippen molar-refractivity contribution >= 4 is 0 Å². The summed E-state index contributed by atoms with van der Waals surface area (Å²) in [6.07, 6.45) is 2.81. The Hall–Kier alpha value is -1.12. The Kier molecular flexibility index (Phi) is 1.27. The summed E-state index contributed by atoms with van der Waals surface area (Å²) in [6, 6.07) is 3.80. The van der Waals surface area contributed by atoms with Crippen LogP contribution < -0.4 is 9.57 Å². The van der Waals surface area contributed by atoms with E-state index < -0.39 is 0 Å². The van der Waals surface area contributed by atoms with E-state index in [1.165, 1.54) is 0 Å². The zero-order chi connectivity index (χ0) is 6.81. The van der Waals surface area contributed by atoms with Gasteiger partial charge in [-0.3, -0.25) is 0 Å². The fourth-order valence-corrected chi connectivity index (χ4v) is 0.967. The number of aromatic nitrogens is 1. The lowest BCUT2D eigenvalue weighted by molar-refractivity contribution is 0.114. The Morgan fingerprint density at radius 3 is 3.40 bits per heavy atom. The van der Waals surface area contributed by atoms with Crippen molar-refractivity contribution in [3.05, 3.63) is 18.3 Å². The molecular weight excluding hydrogens is 130 g/mol. The second-order valence-corrected chi connectivity index (χ2v) is 2.21. The van der Waals surface area contributed by atoms with Crippen LogP contribution >= 0.6 is 0 Å². The highest BCUT2D eigenvalue weighted by atomic mass is 16.7. The first-order chi connectivity index (χ1) is 4.97. The summed E-state index contributed by atoms with van der Waals surface area (Å²) in [5, 5.41) is 0. The van der Waals surface area contributed by atoms with E-state index in [-0.39, 0.29) is 0 Å². The van der Waals surface area contributed by atoms with E-state index in [1.807, 2.05) is 18.3 Å². The van der Waals surface area contributed by atoms with E-state index in [4.69, 9.17) is 9.57 Å². The molecule has 2 rings (SSSR count). The predicted molar refractivity (Wildman–Crippen MR) is 36.0 cm³/mol. The maximum Gasteiger partial charge on any atom is 0.227 e. The van der Waals surface area contributed by atoms with Crippen LogP contribution in [0.4, 0.5) is 0 Å². The van der Waals surface area contributed by atoms with Gasteiger partial charge in [0.15, 0.2) is 0 Å². The van der Waals surface area contributed by atoms with E-state index in [0.717, 1.165) is 25.5 Å². The van der Waals surface area contributed by atoms with E-state index in [1.54, 1.807) is 4.73 Å². The van der Waals surface area contributed by atoms with Gasteiger partial charge in [-0.25, -0.2) is 0 Å². The van der Waals surface area contributed by atoms with Gasteiger partial charge in [-0.15, -0.1) is 0 Å². The van der Waals surface area contributed by atoms with Crippen LogP contribution in [0.5, 0.6) is 5.88 Å². The number of rotatable bonds is 0. The minimum atomic E-state index is 0.738. The largest absolute Gasteiger partial charge is 0.477 e. The molecule has 0 bridgehead atoms. The maximum atomic E-state index is 5.33. The van der Waals surface area contributed by atoms with Gasteiger partial charge in [-0.2, -0.15) is 4.73 Å². The monoisotopic (exact) mass is 139 g/mol. The van der Waals surface area contributed by atoms with Gasteiger partial charge in [0.1, 0.15) is 6.61 Å². The molecule has 0 radical (unpaired) electrons. The molecule has 0 aliphatic carbocycles. The molecule has 3 heteroatoms. The Balaban J connectivity index is 2.28. The molecule has 0 saturated heterocycles. The minimum absolute atomic E-state index is 0.738. The normalized spacial score (nSPS) is 16.4. The van der Waals surface area contributed by atoms with Crippen LogP contribution in [0.25, 0.3) is 0 Å². The van der Waals surface area contributed by atoms with Crippen molar-refractivity contribution in [2.75, 3.05) is 13.2 Å². The molecule has 0 spiro atoms. The topological polar surface area (TPSA) is 23.4 Å². The van der Waals surface area contributed by atoms with E-state index in [0.29, 0.717) is 0 Å². The number of hydrogen-bond acceptors (Lipinski definition) is 2. The van der Waals surface area contributed by atoms with Crippen LogP contribution in [-0.2, 0) is 0 Å². The summed E-state index contributed by atoms with van der Waals surface area (Å²) in [6.45, 7) is 1.49. The highest BCUT2D eigenvalue weighted by molar-refractivity contribution is 5.12. The molecule has 0 amide bonds. The van der Waals surface area contributed by atoms with E-state index in [2.05, 4.69) is 0 Å². The summed E-state index contributed by atoms with van der Waals surface area (Å²) >= 11 is 0. The summed E-state index contributed by atoms with van der Waals surface area (Å²) in [4.78, 5) is 5.28. The first-order valence-corrected chi connectivity index (χ1v) is 3.40. The van der Waals surface area contributed by atoms with Gasteiger partial charge >= 0.3 is 0 Å². The lowest BCUT2D eigenvalue weighted by Gasteiger charge is -2.03. The molecule has 54 valence electrons. The number of ether oxygens (including phenoxy) is 1. The number of hydrogen-bond donors (Lipinski definition) is 0. The average molecular weight is 139 g/mol. The zero-order valence-corrected chi connectivity index (χ0v) is 5.62. The van der Waals surface area contributed by atoms with Crippen molar-refractivity contribution in [2.24, 2.45) is 0 Å². The number of nitrogens with zero attached hydrogens (tertiary/aromatic N) is 1. The molecule has 0 atom stereocenters. The summed E-state index contributed by atoms with van der Waals surface area (Å²) in [5.74, 6) is 0.803. The van der Waals surface area contributed by atoms with Crippen LogP contribution in [0.1, 0.15) is 6.42 Å². The molecule has 1 aromatic rings. The van der Waals surface area contributed by atoms with Crippen LogP contribution in [0.15, 0.2) is 18.3 Å². The van der Waals surface area contributed by atoms with Gasteiger partial charge < -0.3 is 9.57 Å². The van der Waals surface area contributed by atoms with Crippen LogP contribution in [0, 0.1) is 0 Å². The lowest BCUT2D eigenvalue weighted by Crippen LogP contribution is -2.08. The molecule has 0 saturated carbocycles. The molecule has 1 aromatic heterocycles. The van der Waals surface area contributed by atoms with E-state index in [9.17, 15) is 0 Å². The Morgan fingerprint density at radius 2 is 2.40 bits per heavy atom. The van der Waals surface area contributed by atoms with E-state index >= 15 is 0 Å². The number of fused-ring (bicyclic) bond motifs is 1. The summed E-state index contributed by atoms with van der Waals surface area (Å²) < 4.78 is 6.99. The van der Waals surface area contributed by atoms with Crippen molar-refractivity contribution < 1.29 is 9.57 Å². The molecule has 2 heterocycles. The first kappa shape index (κ1) is 5.65. The predicted octanol–water partition coefficient (Wildman–Crippen LogP) is 0.699. The molecule has 3 nitrogen and oxygen atoms in total. The fraction of sp³-hybridized carbons (Fsp3) is 0.429. The molecule has 1 aliphatic rings. The Labute approximate surface area is 59.1 Å². The van der Waals surface area contributed by atoms with Gasteiger partial charge in [0.05, 0.1) is 6.61 Å². The SMILES string of the molecule is c1cc2n(c1)OCCCO2. The van der Waals surface area contributed by atoms with Crippen LogP contribution in [-0.4, -0.2) is 17.9 Å². The molecule has 0 fully saturated rings. The summed E-state index contributed by atoms with van der Waals surface area (Å²) in [7, 11) is 0. The van der Waals surface area contributed by atoms with Crippen LogP contribution in [0.2, 0.25) is 0 Å². The van der Waals surface area contributed by atoms with Crippen molar-refractivity contribution in [3.63, 3.8) is 0 Å². The van der Waals surface area contributed by atoms with Crippen LogP contribution in [0.3, 0.4) is 0 Å². The van der Waals surface area contributed by atoms with Gasteiger partial charge in [-0.05, 0) is 6.07 Å². The molecule has 0 N–H and O–H groups in total. The molecule has 0 unspecified atom stereocenters. The second-order valence-electron chi connectivity index (χ2n) is 2.21. The maximum absolute atomic E-state index is 5.33. The molecule has 1 aliphatic heterocycles. The molecular formula is C7H9NO2. The van der Waals surface area contributed by atoms with Crippen molar-refractivity contribution in [3.8, 4) is 5.88 Å².